The summed E-state index contributed by atoms with van der Waals surface area (Å²) in [4.78, 5) is 32.7. The van der Waals surface area contributed by atoms with Gasteiger partial charge in [-0.15, -0.1) is 0 Å². The molecule has 7 heteroatoms. The summed E-state index contributed by atoms with van der Waals surface area (Å²) in [6.07, 6.45) is 2.34. The highest BCUT2D eigenvalue weighted by molar-refractivity contribution is 5.92. The molecule has 0 aliphatic carbocycles. The van der Waals surface area contributed by atoms with Gasteiger partial charge in [-0.25, -0.2) is 9.37 Å². The molecule has 0 aliphatic heterocycles. The Morgan fingerprint density at radius 2 is 2.04 bits per heavy atom. The molecule has 0 saturated heterocycles. The largest absolute Gasteiger partial charge is 0.354 e. The molecule has 1 amide bonds. The van der Waals surface area contributed by atoms with Gasteiger partial charge in [0.25, 0.3) is 11.5 Å². The van der Waals surface area contributed by atoms with Gasteiger partial charge in [0.1, 0.15) is 11.5 Å². The zero-order chi connectivity index (χ0) is 19.7. The minimum atomic E-state index is -0.380. The van der Waals surface area contributed by atoms with Gasteiger partial charge < -0.3 is 15.3 Å². The van der Waals surface area contributed by atoms with Crippen LogP contribution in [-0.4, -0.2) is 20.9 Å². The Kier molecular flexibility index (Phi) is 4.49. The van der Waals surface area contributed by atoms with E-state index in [-0.39, 0.29) is 23.0 Å². The molecule has 2 aromatic carbocycles. The average molecular weight is 376 g/mol. The fourth-order valence-corrected chi connectivity index (χ4v) is 3.16. The predicted octanol–water partition coefficient (Wildman–Crippen LogP) is 3.30. The number of nitrogens with one attached hydrogen (secondary N) is 3. The number of amides is 1. The van der Waals surface area contributed by atoms with Crippen LogP contribution in [0.2, 0.25) is 0 Å². The molecule has 4 aromatic rings. The number of hydrogen-bond acceptors (Lipinski definition) is 3. The summed E-state index contributed by atoms with van der Waals surface area (Å²) in [7, 11) is 0. The van der Waals surface area contributed by atoms with Crippen LogP contribution in [0.3, 0.4) is 0 Å². The maximum atomic E-state index is 14.2. The number of nitrogens with zero attached hydrogens (tertiary/aromatic N) is 1. The van der Waals surface area contributed by atoms with Gasteiger partial charge in [-0.3, -0.25) is 9.59 Å². The molecule has 4 rings (SSSR count). The van der Waals surface area contributed by atoms with Gasteiger partial charge in [0.05, 0.1) is 11.9 Å². The van der Waals surface area contributed by atoms with Crippen molar-refractivity contribution in [3.63, 3.8) is 0 Å². The molecule has 0 bridgehead atoms. The van der Waals surface area contributed by atoms with Crippen LogP contribution in [0.5, 0.6) is 0 Å². The first-order chi connectivity index (χ1) is 13.5. The second-order valence-corrected chi connectivity index (χ2v) is 6.46. The Labute approximate surface area is 159 Å². The van der Waals surface area contributed by atoms with Crippen molar-refractivity contribution >= 4 is 16.8 Å². The molecule has 28 heavy (non-hydrogen) atoms. The van der Waals surface area contributed by atoms with Crippen LogP contribution in [0, 0.1) is 12.7 Å². The van der Waals surface area contributed by atoms with E-state index in [2.05, 4.69) is 20.3 Å². The van der Waals surface area contributed by atoms with E-state index in [1.54, 1.807) is 18.2 Å². The molecule has 0 radical (unpaired) electrons. The lowest BCUT2D eigenvalue weighted by atomic mass is 10.0. The van der Waals surface area contributed by atoms with Crippen LogP contribution in [0.15, 0.2) is 59.7 Å². The van der Waals surface area contributed by atoms with Gasteiger partial charge in [0, 0.05) is 29.2 Å². The monoisotopic (exact) mass is 376 g/mol. The van der Waals surface area contributed by atoms with Crippen molar-refractivity contribution in [1.29, 1.82) is 0 Å². The molecule has 2 heterocycles. The van der Waals surface area contributed by atoms with Crippen molar-refractivity contribution in [2.24, 2.45) is 0 Å². The van der Waals surface area contributed by atoms with Crippen molar-refractivity contribution < 1.29 is 9.18 Å². The molecule has 0 atom stereocenters. The minimum absolute atomic E-state index is 0.139. The van der Waals surface area contributed by atoms with E-state index in [1.807, 2.05) is 25.1 Å². The molecular formula is C21H17FN4O2. The highest BCUT2D eigenvalue weighted by Gasteiger charge is 2.13. The molecule has 140 valence electrons. The van der Waals surface area contributed by atoms with E-state index in [1.165, 1.54) is 12.3 Å². The number of aromatic nitrogens is 3. The Bertz CT molecular complexity index is 1220. The first-order valence-electron chi connectivity index (χ1n) is 8.72. The fourth-order valence-electron chi connectivity index (χ4n) is 3.16. The van der Waals surface area contributed by atoms with Crippen LogP contribution >= 0.6 is 0 Å². The highest BCUT2D eigenvalue weighted by Crippen LogP contribution is 2.31. The topological polar surface area (TPSA) is 90.6 Å². The van der Waals surface area contributed by atoms with E-state index in [0.717, 1.165) is 33.9 Å². The molecule has 0 spiro atoms. The van der Waals surface area contributed by atoms with E-state index >= 15 is 0 Å². The van der Waals surface area contributed by atoms with Gasteiger partial charge in [-0.05, 0) is 42.3 Å². The van der Waals surface area contributed by atoms with E-state index in [0.29, 0.717) is 12.1 Å². The second-order valence-electron chi connectivity index (χ2n) is 6.46. The molecule has 0 saturated carbocycles. The summed E-state index contributed by atoms with van der Waals surface area (Å²) >= 11 is 0. The lowest BCUT2D eigenvalue weighted by molar-refractivity contribution is 0.0945. The average Bonchev–Trinajstić information content (AvgIpc) is 3.03. The number of rotatable bonds is 4. The zero-order valence-electron chi connectivity index (χ0n) is 15.0. The SMILES string of the molecule is Cc1c(-c2ccccc2F)[nH]c2ccc(CNC(=O)c3c[nH]c(=O)cn3)cc12. The Morgan fingerprint density at radius 3 is 2.79 bits per heavy atom. The molecule has 0 unspecified atom stereocenters. The molecular weight excluding hydrogens is 359 g/mol. The first-order valence-corrected chi connectivity index (χ1v) is 8.72. The third kappa shape index (κ3) is 3.29. The standard InChI is InChI=1S/C21H17FN4O2/c1-12-15-8-13(9-25-21(28)18-10-24-19(27)11-23-18)6-7-17(15)26-20(12)14-4-2-3-5-16(14)22/h2-8,10-11,26H,9H2,1H3,(H,24,27)(H,25,28). The number of halogens is 1. The number of carbonyl (C=O) groups is 1. The van der Waals surface area contributed by atoms with Crippen LogP contribution in [0.1, 0.15) is 21.6 Å². The summed E-state index contributed by atoms with van der Waals surface area (Å²) in [6, 6.07) is 12.4. The molecule has 2 aromatic heterocycles. The maximum absolute atomic E-state index is 14.2. The Balaban J connectivity index is 1.59. The van der Waals surface area contributed by atoms with Crippen LogP contribution in [0.25, 0.3) is 22.2 Å². The smallest absolute Gasteiger partial charge is 0.271 e. The van der Waals surface area contributed by atoms with E-state index in [4.69, 9.17) is 0 Å². The number of aromatic amines is 2. The zero-order valence-corrected chi connectivity index (χ0v) is 15.0. The normalized spacial score (nSPS) is 10.9. The molecule has 3 N–H and O–H groups in total. The van der Waals surface area contributed by atoms with Crippen molar-refractivity contribution in [1.82, 2.24) is 20.3 Å². The van der Waals surface area contributed by atoms with Gasteiger partial charge in [-0.2, -0.15) is 0 Å². The summed E-state index contributed by atoms with van der Waals surface area (Å²) in [5, 5.41) is 3.74. The number of carbonyl (C=O) groups excluding carboxylic acids is 1. The van der Waals surface area contributed by atoms with Gasteiger partial charge in [-0.1, -0.05) is 18.2 Å². The van der Waals surface area contributed by atoms with Crippen LogP contribution in [0.4, 0.5) is 4.39 Å². The van der Waals surface area contributed by atoms with Crippen LogP contribution < -0.4 is 10.9 Å². The van der Waals surface area contributed by atoms with E-state index < -0.39 is 0 Å². The van der Waals surface area contributed by atoms with Gasteiger partial charge in [0.2, 0.25) is 0 Å². The maximum Gasteiger partial charge on any atom is 0.271 e. The van der Waals surface area contributed by atoms with E-state index in [9.17, 15) is 14.0 Å². The lowest BCUT2D eigenvalue weighted by Gasteiger charge is -2.05. The number of aryl methyl sites for hydroxylation is 1. The van der Waals surface area contributed by atoms with Gasteiger partial charge in [0.15, 0.2) is 0 Å². The Hall–Kier alpha value is -3.74. The summed E-state index contributed by atoms with van der Waals surface area (Å²) < 4.78 is 14.2. The highest BCUT2D eigenvalue weighted by atomic mass is 19.1. The quantitative estimate of drug-likeness (QED) is 0.510. The number of fused-ring (bicyclic) bond motifs is 1. The second kappa shape index (κ2) is 7.11. The minimum Gasteiger partial charge on any atom is -0.354 e. The first kappa shape index (κ1) is 17.7. The lowest BCUT2D eigenvalue weighted by Crippen LogP contribution is -2.25. The number of hydrogen-bond donors (Lipinski definition) is 3. The number of benzene rings is 2. The molecule has 0 fully saturated rings. The summed E-state index contributed by atoms with van der Waals surface area (Å²) in [6.45, 7) is 2.24. The van der Waals surface area contributed by atoms with Gasteiger partial charge >= 0.3 is 0 Å². The fraction of sp³-hybridized carbons (Fsp3) is 0.0952. The van der Waals surface area contributed by atoms with Crippen LogP contribution in [-0.2, 0) is 6.54 Å². The molecule has 0 aliphatic rings. The third-order valence-corrected chi connectivity index (χ3v) is 4.62. The van der Waals surface area contributed by atoms with Crippen molar-refractivity contribution in [3.05, 3.63) is 87.9 Å². The predicted molar refractivity (Wildman–Crippen MR) is 104 cm³/mol. The van der Waals surface area contributed by atoms with Crippen molar-refractivity contribution in [2.45, 2.75) is 13.5 Å². The summed E-state index contributed by atoms with van der Waals surface area (Å²) in [5.74, 6) is -0.660. The third-order valence-electron chi connectivity index (χ3n) is 4.62. The Morgan fingerprint density at radius 1 is 1.21 bits per heavy atom. The van der Waals surface area contributed by atoms with Crippen molar-refractivity contribution in [3.8, 4) is 11.3 Å². The summed E-state index contributed by atoms with van der Waals surface area (Å²) in [5.41, 5.74) is 3.77. The number of H-pyrrole nitrogens is 2. The molecule has 6 nitrogen and oxygen atoms in total. The van der Waals surface area contributed by atoms with Crippen molar-refractivity contribution in [2.75, 3.05) is 0 Å².